The molecule has 0 aliphatic rings. The van der Waals surface area contributed by atoms with Crippen molar-refractivity contribution in [1.82, 2.24) is 9.78 Å². The van der Waals surface area contributed by atoms with Gasteiger partial charge in [-0.25, -0.2) is 0 Å². The Bertz CT molecular complexity index is 366. The van der Waals surface area contributed by atoms with Crippen molar-refractivity contribution in [3.63, 3.8) is 0 Å². The number of carbonyl (C=O) groups excluding carboxylic acids is 1. The molecule has 0 aliphatic heterocycles. The van der Waals surface area contributed by atoms with Gasteiger partial charge in [0.25, 0.3) is 0 Å². The van der Waals surface area contributed by atoms with Gasteiger partial charge in [-0.15, -0.1) is 0 Å². The van der Waals surface area contributed by atoms with Gasteiger partial charge in [0.15, 0.2) is 0 Å². The average molecular weight is 199 g/mol. The highest BCUT2D eigenvalue weighted by Crippen LogP contribution is 2.13. The van der Waals surface area contributed by atoms with E-state index in [-0.39, 0.29) is 0 Å². The second-order valence-electron chi connectivity index (χ2n) is 2.85. The van der Waals surface area contributed by atoms with E-state index < -0.39 is 5.24 Å². The van der Waals surface area contributed by atoms with E-state index in [1.807, 2.05) is 20.9 Å². The number of allylic oxidation sites excluding steroid dienone is 1. The van der Waals surface area contributed by atoms with Gasteiger partial charge in [-0.1, -0.05) is 0 Å². The molecule has 0 aromatic carbocycles. The van der Waals surface area contributed by atoms with Crippen LogP contribution in [-0.4, -0.2) is 15.0 Å². The summed E-state index contributed by atoms with van der Waals surface area (Å²) < 4.78 is 1.77. The fourth-order valence-corrected chi connectivity index (χ4v) is 1.24. The van der Waals surface area contributed by atoms with Gasteiger partial charge in [-0.2, -0.15) is 5.10 Å². The number of halogens is 1. The molecule has 0 radical (unpaired) electrons. The van der Waals surface area contributed by atoms with Gasteiger partial charge < -0.3 is 0 Å². The smallest absolute Gasteiger partial charge is 0.245 e. The number of carbonyl (C=O) groups is 1. The fourth-order valence-electron chi connectivity index (χ4n) is 1.18. The summed E-state index contributed by atoms with van der Waals surface area (Å²) in [7, 11) is 1.86. The first-order valence-electron chi connectivity index (χ1n) is 3.90. The highest BCUT2D eigenvalue weighted by atomic mass is 35.5. The molecule has 0 saturated heterocycles. The third-order valence-electron chi connectivity index (χ3n) is 1.95. The van der Waals surface area contributed by atoms with E-state index in [0.717, 1.165) is 17.0 Å². The van der Waals surface area contributed by atoms with E-state index in [0.29, 0.717) is 0 Å². The minimum absolute atomic E-state index is 0.470. The molecular formula is C9H11ClN2O. The topological polar surface area (TPSA) is 34.9 Å². The van der Waals surface area contributed by atoms with E-state index in [4.69, 9.17) is 11.6 Å². The summed E-state index contributed by atoms with van der Waals surface area (Å²) in [6.45, 7) is 3.84. The van der Waals surface area contributed by atoms with Crippen LogP contribution in [0.4, 0.5) is 0 Å². The molecule has 0 fully saturated rings. The van der Waals surface area contributed by atoms with Gasteiger partial charge in [-0.3, -0.25) is 9.48 Å². The molecular weight excluding hydrogens is 188 g/mol. The minimum Gasteiger partial charge on any atom is -0.276 e. The summed E-state index contributed by atoms with van der Waals surface area (Å²) in [6.07, 6.45) is 3.02. The minimum atomic E-state index is -0.470. The van der Waals surface area contributed by atoms with Crippen LogP contribution in [0, 0.1) is 13.8 Å². The molecule has 1 heterocycles. The average Bonchev–Trinajstić information content (AvgIpc) is 2.24. The van der Waals surface area contributed by atoms with Gasteiger partial charge >= 0.3 is 0 Å². The molecule has 0 amide bonds. The quantitative estimate of drug-likeness (QED) is 0.537. The first-order chi connectivity index (χ1) is 6.02. The molecule has 0 N–H and O–H groups in total. The first kappa shape index (κ1) is 9.99. The van der Waals surface area contributed by atoms with Crippen molar-refractivity contribution in [1.29, 1.82) is 0 Å². The van der Waals surface area contributed by atoms with Gasteiger partial charge in [0.2, 0.25) is 5.24 Å². The van der Waals surface area contributed by atoms with Crippen molar-refractivity contribution >= 4 is 22.9 Å². The maximum Gasteiger partial charge on any atom is 0.245 e. The molecule has 0 atom stereocenters. The van der Waals surface area contributed by atoms with Crippen molar-refractivity contribution in [2.45, 2.75) is 13.8 Å². The van der Waals surface area contributed by atoms with Crippen LogP contribution in [0.3, 0.4) is 0 Å². The van der Waals surface area contributed by atoms with Crippen molar-refractivity contribution in [3.05, 3.63) is 23.0 Å². The van der Waals surface area contributed by atoms with Crippen LogP contribution in [0.2, 0.25) is 0 Å². The largest absolute Gasteiger partial charge is 0.276 e. The predicted molar refractivity (Wildman–Crippen MR) is 52.6 cm³/mol. The second kappa shape index (κ2) is 3.75. The van der Waals surface area contributed by atoms with E-state index in [9.17, 15) is 4.79 Å². The third kappa shape index (κ3) is 2.18. The van der Waals surface area contributed by atoms with Crippen LogP contribution in [0.15, 0.2) is 6.08 Å². The van der Waals surface area contributed by atoms with Crippen LogP contribution < -0.4 is 0 Å². The predicted octanol–water partition coefficient (Wildman–Crippen LogP) is 1.82. The Kier molecular flexibility index (Phi) is 2.88. The number of aromatic nitrogens is 2. The number of rotatable bonds is 2. The van der Waals surface area contributed by atoms with Crippen molar-refractivity contribution < 1.29 is 4.79 Å². The lowest BCUT2D eigenvalue weighted by Gasteiger charge is -1.93. The summed E-state index contributed by atoms with van der Waals surface area (Å²) in [4.78, 5) is 10.5. The summed E-state index contributed by atoms with van der Waals surface area (Å²) in [5.74, 6) is 0. The zero-order valence-corrected chi connectivity index (χ0v) is 8.59. The van der Waals surface area contributed by atoms with Gasteiger partial charge in [0.1, 0.15) is 0 Å². The van der Waals surface area contributed by atoms with Crippen LogP contribution in [0.25, 0.3) is 6.08 Å². The fraction of sp³-hybridized carbons (Fsp3) is 0.333. The Morgan fingerprint density at radius 1 is 1.54 bits per heavy atom. The molecule has 0 bridgehead atoms. The molecule has 0 saturated carbocycles. The molecule has 1 aromatic heterocycles. The van der Waals surface area contributed by atoms with E-state index in [1.165, 1.54) is 6.08 Å². The second-order valence-corrected chi connectivity index (χ2v) is 3.22. The lowest BCUT2D eigenvalue weighted by molar-refractivity contribution is -0.107. The summed E-state index contributed by atoms with van der Waals surface area (Å²) in [5, 5.41) is 3.73. The van der Waals surface area contributed by atoms with Crippen LogP contribution in [0.1, 0.15) is 17.0 Å². The monoisotopic (exact) mass is 198 g/mol. The Balaban J connectivity index is 3.07. The molecule has 70 valence electrons. The Hall–Kier alpha value is -1.09. The molecule has 0 unspecified atom stereocenters. The SMILES string of the molecule is Cc1nn(C)c(C)c1C=CC(=O)Cl. The van der Waals surface area contributed by atoms with Gasteiger partial charge in [0.05, 0.1) is 5.69 Å². The molecule has 1 rings (SSSR count). The molecule has 1 aromatic rings. The normalized spacial score (nSPS) is 11.1. The maximum atomic E-state index is 10.5. The standard InChI is InChI=1S/C9H11ClN2O/c1-6-8(4-5-9(10)13)7(2)12(3)11-6/h4-5H,1-3H3. The molecule has 3 nitrogen and oxygen atoms in total. The van der Waals surface area contributed by atoms with Crippen LogP contribution >= 0.6 is 11.6 Å². The number of hydrogen-bond donors (Lipinski definition) is 0. The molecule has 4 heteroatoms. The number of nitrogens with zero attached hydrogens (tertiary/aromatic N) is 2. The van der Waals surface area contributed by atoms with Gasteiger partial charge in [0, 0.05) is 18.3 Å². The maximum absolute atomic E-state index is 10.5. The van der Waals surface area contributed by atoms with E-state index >= 15 is 0 Å². The van der Waals surface area contributed by atoms with Gasteiger partial charge in [-0.05, 0) is 37.6 Å². The van der Waals surface area contributed by atoms with Crippen LogP contribution in [0.5, 0.6) is 0 Å². The lowest BCUT2D eigenvalue weighted by Crippen LogP contribution is -1.92. The number of aryl methyl sites for hydroxylation is 2. The zero-order valence-electron chi connectivity index (χ0n) is 7.84. The highest BCUT2D eigenvalue weighted by Gasteiger charge is 2.05. The summed E-state index contributed by atoms with van der Waals surface area (Å²) >= 11 is 5.19. The molecule has 0 spiro atoms. The molecule has 13 heavy (non-hydrogen) atoms. The molecule has 0 aliphatic carbocycles. The lowest BCUT2D eigenvalue weighted by atomic mass is 10.2. The van der Waals surface area contributed by atoms with Crippen molar-refractivity contribution in [2.75, 3.05) is 0 Å². The van der Waals surface area contributed by atoms with Crippen molar-refractivity contribution in [2.24, 2.45) is 7.05 Å². The Labute approximate surface area is 82.0 Å². The van der Waals surface area contributed by atoms with Crippen molar-refractivity contribution in [3.8, 4) is 0 Å². The Morgan fingerprint density at radius 3 is 2.54 bits per heavy atom. The van der Waals surface area contributed by atoms with E-state index in [2.05, 4.69) is 5.10 Å². The first-order valence-corrected chi connectivity index (χ1v) is 4.28. The zero-order chi connectivity index (χ0) is 10.0. The van der Waals surface area contributed by atoms with Crippen LogP contribution in [-0.2, 0) is 11.8 Å². The summed E-state index contributed by atoms with van der Waals surface area (Å²) in [6, 6.07) is 0. The Morgan fingerprint density at radius 2 is 2.15 bits per heavy atom. The van der Waals surface area contributed by atoms with E-state index in [1.54, 1.807) is 10.8 Å². The summed E-state index contributed by atoms with van der Waals surface area (Å²) in [5.41, 5.74) is 2.87. The third-order valence-corrected chi connectivity index (χ3v) is 2.07. The number of hydrogen-bond acceptors (Lipinski definition) is 2. The highest BCUT2D eigenvalue weighted by molar-refractivity contribution is 6.66.